The van der Waals surface area contributed by atoms with Crippen LogP contribution in [0.4, 0.5) is 9.59 Å². The van der Waals surface area contributed by atoms with Crippen LogP contribution in [0, 0.1) is 0 Å². The van der Waals surface area contributed by atoms with Crippen molar-refractivity contribution in [2.45, 2.75) is 13.8 Å². The van der Waals surface area contributed by atoms with Gasteiger partial charge in [0.15, 0.2) is 23.0 Å². The number of hydrogen-bond acceptors (Lipinski definition) is 10. The number of carbonyl (C=O) groups excluding carboxylic acids is 2. The van der Waals surface area contributed by atoms with Crippen LogP contribution in [0.2, 0.25) is 0 Å². The van der Waals surface area contributed by atoms with E-state index in [0.717, 1.165) is 0 Å². The molecule has 0 saturated heterocycles. The molecule has 1 aliphatic rings. The number of urea groups is 2. The van der Waals surface area contributed by atoms with Gasteiger partial charge < -0.3 is 39.9 Å². The third kappa shape index (κ3) is 9.96. The molecule has 1 heterocycles. The lowest BCUT2D eigenvalue weighted by Crippen LogP contribution is -2.25. The number of primary amides is 2. The van der Waals surface area contributed by atoms with Crippen molar-refractivity contribution in [2.24, 2.45) is 21.7 Å². The van der Waals surface area contributed by atoms with Crippen molar-refractivity contribution in [2.75, 3.05) is 52.9 Å². The van der Waals surface area contributed by atoms with E-state index in [0.29, 0.717) is 72.0 Å². The maximum atomic E-state index is 11.0. The molecule has 14 nitrogen and oxygen atoms in total. The highest BCUT2D eigenvalue weighted by Crippen LogP contribution is 2.30. The fourth-order valence-corrected chi connectivity index (χ4v) is 3.38. The summed E-state index contributed by atoms with van der Waals surface area (Å²) in [6.07, 6.45) is 0. The number of nitrogens with zero attached hydrogens (tertiary/aromatic N) is 2. The van der Waals surface area contributed by atoms with Gasteiger partial charge in [0, 0.05) is 11.1 Å². The predicted octanol–water partition coefficient (Wildman–Crippen LogP) is 1.73. The number of rotatable bonds is 4. The molecule has 4 amide bonds. The van der Waals surface area contributed by atoms with Gasteiger partial charge in [0.25, 0.3) is 0 Å². The molecule has 2 aromatic carbocycles. The van der Waals surface area contributed by atoms with Gasteiger partial charge in [-0.05, 0) is 50.2 Å². The monoisotopic (exact) mass is 558 g/mol. The van der Waals surface area contributed by atoms with E-state index in [1.165, 1.54) is 0 Å². The lowest BCUT2D eigenvalue weighted by atomic mass is 10.1. The first kappa shape index (κ1) is 30.0. The van der Waals surface area contributed by atoms with Crippen LogP contribution in [-0.2, 0) is 9.47 Å². The zero-order valence-corrected chi connectivity index (χ0v) is 22.4. The van der Waals surface area contributed by atoms with Gasteiger partial charge in [0.1, 0.15) is 26.4 Å². The lowest BCUT2D eigenvalue weighted by Gasteiger charge is -2.16. The summed E-state index contributed by atoms with van der Waals surface area (Å²) in [5, 5.41) is 7.90. The number of ether oxygens (including phenoxy) is 6. The molecule has 0 bridgehead atoms. The number of amides is 4. The van der Waals surface area contributed by atoms with E-state index >= 15 is 0 Å². The highest BCUT2D eigenvalue weighted by molar-refractivity contribution is 6.00. The molecular formula is C26H34N6O8. The molecule has 0 spiro atoms. The van der Waals surface area contributed by atoms with E-state index in [2.05, 4.69) is 21.1 Å². The maximum absolute atomic E-state index is 11.0. The smallest absolute Gasteiger partial charge is 0.332 e. The molecule has 0 fully saturated rings. The third-order valence-electron chi connectivity index (χ3n) is 5.33. The van der Waals surface area contributed by atoms with Crippen LogP contribution >= 0.6 is 0 Å². The Balaban J connectivity index is 1.66. The Hall–Kier alpha value is -4.56. The number of nitrogens with two attached hydrogens (primary N) is 2. The fraction of sp³-hybridized carbons (Fsp3) is 0.385. The van der Waals surface area contributed by atoms with Gasteiger partial charge in [0.2, 0.25) is 0 Å². The Kier molecular flexibility index (Phi) is 11.8. The SMILES string of the molecule is CC(=NNC(N)=O)c1ccc2c(c1)OCCOCCOc1cc(C(C)=NNC(N)=O)ccc1OCCOCCO2. The second kappa shape index (κ2) is 15.8. The number of fused-ring (bicyclic) bond motifs is 2. The zero-order chi connectivity index (χ0) is 28.7. The van der Waals surface area contributed by atoms with E-state index < -0.39 is 12.1 Å². The van der Waals surface area contributed by atoms with Crippen LogP contribution in [0.25, 0.3) is 0 Å². The Morgan fingerprint density at radius 1 is 0.600 bits per heavy atom. The van der Waals surface area contributed by atoms with Crippen molar-refractivity contribution < 1.29 is 38.0 Å². The summed E-state index contributed by atoms with van der Waals surface area (Å²) in [4.78, 5) is 21.9. The summed E-state index contributed by atoms with van der Waals surface area (Å²) < 4.78 is 34.9. The second-order valence-corrected chi connectivity index (χ2v) is 8.29. The van der Waals surface area contributed by atoms with E-state index in [1.807, 2.05) is 0 Å². The quantitative estimate of drug-likeness (QED) is 0.322. The summed E-state index contributed by atoms with van der Waals surface area (Å²) in [7, 11) is 0. The highest BCUT2D eigenvalue weighted by Gasteiger charge is 2.12. The first-order valence-corrected chi connectivity index (χ1v) is 12.5. The standard InChI is InChI=1S/C26H34N6O8/c1-17(29-31-25(27)33)19-3-5-21-23(15-19)39-13-9-36-10-14-40-24-16-20(18(2)30-32-26(28)34)4-6-22(24)38-12-8-35-7-11-37-21/h3-6,15-16H,7-14H2,1-2H3,(H3,27,31,33)(H3,28,32,34). The van der Waals surface area contributed by atoms with Gasteiger partial charge in [-0.1, -0.05) is 0 Å². The molecule has 2 aromatic rings. The van der Waals surface area contributed by atoms with Crippen molar-refractivity contribution in [1.29, 1.82) is 0 Å². The molecule has 3 rings (SSSR count). The van der Waals surface area contributed by atoms with Crippen LogP contribution in [-0.4, -0.2) is 76.3 Å². The molecule has 40 heavy (non-hydrogen) atoms. The summed E-state index contributed by atoms with van der Waals surface area (Å²) >= 11 is 0. The van der Waals surface area contributed by atoms with Crippen molar-refractivity contribution in [3.8, 4) is 23.0 Å². The summed E-state index contributed by atoms with van der Waals surface area (Å²) in [5.74, 6) is 2.02. The molecule has 0 aromatic heterocycles. The fourth-order valence-electron chi connectivity index (χ4n) is 3.38. The van der Waals surface area contributed by atoms with Crippen molar-refractivity contribution >= 4 is 23.5 Å². The summed E-state index contributed by atoms with van der Waals surface area (Å²) in [6, 6.07) is 9.10. The minimum atomic E-state index is -0.757. The van der Waals surface area contributed by atoms with Gasteiger partial charge in [-0.2, -0.15) is 10.2 Å². The Bertz CT molecular complexity index is 1130. The summed E-state index contributed by atoms with van der Waals surface area (Å²) in [6.45, 7) is 5.74. The third-order valence-corrected chi connectivity index (χ3v) is 5.33. The van der Waals surface area contributed by atoms with Crippen LogP contribution < -0.4 is 41.3 Å². The molecule has 1 aliphatic heterocycles. The molecule has 0 saturated carbocycles. The summed E-state index contributed by atoms with van der Waals surface area (Å²) in [5.41, 5.74) is 17.1. The molecule has 0 radical (unpaired) electrons. The number of carbonyl (C=O) groups is 2. The number of benzene rings is 2. The Labute approximate surface area is 231 Å². The largest absolute Gasteiger partial charge is 0.487 e. The second-order valence-electron chi connectivity index (χ2n) is 8.29. The van der Waals surface area contributed by atoms with Crippen LogP contribution in [0.15, 0.2) is 46.6 Å². The molecule has 6 N–H and O–H groups in total. The first-order chi connectivity index (χ1) is 19.3. The first-order valence-electron chi connectivity index (χ1n) is 12.5. The number of hydrogen-bond donors (Lipinski definition) is 4. The Morgan fingerprint density at radius 3 is 1.30 bits per heavy atom. The Morgan fingerprint density at radius 2 is 0.950 bits per heavy atom. The predicted molar refractivity (Wildman–Crippen MR) is 146 cm³/mol. The highest BCUT2D eigenvalue weighted by atomic mass is 16.6. The zero-order valence-electron chi connectivity index (χ0n) is 22.4. The molecule has 216 valence electrons. The lowest BCUT2D eigenvalue weighted by molar-refractivity contribution is 0.0640. The van der Waals surface area contributed by atoms with Gasteiger partial charge in [-0.3, -0.25) is 0 Å². The van der Waals surface area contributed by atoms with E-state index in [-0.39, 0.29) is 26.4 Å². The average molecular weight is 559 g/mol. The van der Waals surface area contributed by atoms with Gasteiger partial charge in [-0.25, -0.2) is 20.4 Å². The molecular weight excluding hydrogens is 524 g/mol. The maximum Gasteiger partial charge on any atom is 0.332 e. The van der Waals surface area contributed by atoms with E-state index in [1.54, 1.807) is 50.2 Å². The normalized spacial score (nSPS) is 15.8. The van der Waals surface area contributed by atoms with Gasteiger partial charge in [-0.15, -0.1) is 0 Å². The molecule has 0 unspecified atom stereocenters. The van der Waals surface area contributed by atoms with E-state index in [9.17, 15) is 9.59 Å². The van der Waals surface area contributed by atoms with Crippen LogP contribution in [0.3, 0.4) is 0 Å². The molecule has 0 aliphatic carbocycles. The molecule has 14 heteroatoms. The average Bonchev–Trinajstić information content (AvgIpc) is 2.93. The van der Waals surface area contributed by atoms with Crippen LogP contribution in [0.1, 0.15) is 25.0 Å². The van der Waals surface area contributed by atoms with Crippen molar-refractivity contribution in [3.05, 3.63) is 47.5 Å². The van der Waals surface area contributed by atoms with E-state index in [4.69, 9.17) is 39.9 Å². The number of nitrogens with one attached hydrogen (secondary N) is 2. The van der Waals surface area contributed by atoms with Crippen LogP contribution in [0.5, 0.6) is 23.0 Å². The van der Waals surface area contributed by atoms with Gasteiger partial charge in [0.05, 0.1) is 37.9 Å². The van der Waals surface area contributed by atoms with Gasteiger partial charge >= 0.3 is 12.1 Å². The minimum Gasteiger partial charge on any atom is -0.487 e. The topological polar surface area (TPSA) is 190 Å². The number of hydrazone groups is 2. The van der Waals surface area contributed by atoms with Crippen molar-refractivity contribution in [3.63, 3.8) is 0 Å². The van der Waals surface area contributed by atoms with Crippen molar-refractivity contribution in [1.82, 2.24) is 10.9 Å². The minimum absolute atomic E-state index is 0.248. The molecule has 0 atom stereocenters.